The van der Waals surface area contributed by atoms with Crippen LogP contribution in [0.5, 0.6) is 0 Å². The lowest BCUT2D eigenvalue weighted by molar-refractivity contribution is 0.622. The molecule has 0 radical (unpaired) electrons. The van der Waals surface area contributed by atoms with Crippen LogP contribution in [0.25, 0.3) is 0 Å². The van der Waals surface area contributed by atoms with Gasteiger partial charge in [-0.25, -0.2) is 0 Å². The minimum atomic E-state index is -0.345. The quantitative estimate of drug-likeness (QED) is 0.142. The summed E-state index contributed by atoms with van der Waals surface area (Å²) in [4.78, 5) is 11.1. The summed E-state index contributed by atoms with van der Waals surface area (Å²) in [5.41, 5.74) is 23.2. The highest BCUT2D eigenvalue weighted by molar-refractivity contribution is 6.87. The Balaban J connectivity index is 1.28. The molecule has 0 bridgehead atoms. The van der Waals surface area contributed by atoms with Gasteiger partial charge in [0.05, 0.1) is 22.7 Å². The number of nitrogens with zero attached hydrogens (tertiary/aromatic N) is 4. The number of hydrogen-bond acceptors (Lipinski definition) is 4. The SMILES string of the molecule is CC1(C)c2ccccc2B2N(c3ccccc31)c1c3c(c4c5c1C(C)(C)c1ccccc1N5B1c5ccccc5C(C)(C)c5ccccc5N14)C(C)(C)c1ccccc1N23. The summed E-state index contributed by atoms with van der Waals surface area (Å²) in [7, 11) is 0. The first-order valence-electron chi connectivity index (χ1n) is 21.9. The summed E-state index contributed by atoms with van der Waals surface area (Å²) in [6.45, 7) is 19.5. The largest absolute Gasteiger partial charge is 0.421 e. The highest BCUT2D eigenvalue weighted by Gasteiger charge is 2.63. The van der Waals surface area contributed by atoms with Crippen molar-refractivity contribution in [3.8, 4) is 0 Å². The molecule has 0 unspecified atom stereocenters. The molecule has 4 nitrogen and oxygen atoms in total. The van der Waals surface area contributed by atoms with E-state index in [4.69, 9.17) is 0 Å². The topological polar surface area (TPSA) is 13.0 Å². The third kappa shape index (κ3) is 3.80. The van der Waals surface area contributed by atoms with Gasteiger partial charge in [-0.2, -0.15) is 0 Å². The van der Waals surface area contributed by atoms with Crippen molar-refractivity contribution in [1.29, 1.82) is 0 Å². The molecule has 0 atom stereocenters. The van der Waals surface area contributed by atoms with E-state index >= 15 is 0 Å². The number of fused-ring (bicyclic) bond motifs is 20. The number of hydrogen-bond donors (Lipinski definition) is 0. The monoisotopic (exact) mass is 774 g/mol. The zero-order valence-corrected chi connectivity index (χ0v) is 35.8. The van der Waals surface area contributed by atoms with E-state index in [-0.39, 0.29) is 35.6 Å². The number of anilines is 8. The van der Waals surface area contributed by atoms with Crippen molar-refractivity contribution in [2.45, 2.75) is 77.0 Å². The van der Waals surface area contributed by atoms with Gasteiger partial charge in [0.2, 0.25) is 0 Å². The first kappa shape index (κ1) is 34.7. The molecule has 6 heteroatoms. The van der Waals surface area contributed by atoms with Gasteiger partial charge in [0.1, 0.15) is 0 Å². The van der Waals surface area contributed by atoms with Crippen LogP contribution in [-0.4, -0.2) is 14.0 Å². The lowest BCUT2D eigenvalue weighted by Crippen LogP contribution is -2.56. The molecule has 0 fully saturated rings. The number of para-hydroxylation sites is 4. The van der Waals surface area contributed by atoms with Crippen LogP contribution in [0.15, 0.2) is 146 Å². The van der Waals surface area contributed by atoms with Crippen molar-refractivity contribution >= 4 is 70.4 Å². The van der Waals surface area contributed by atoms with Crippen molar-refractivity contribution in [1.82, 2.24) is 0 Å². The van der Waals surface area contributed by atoms with E-state index in [1.165, 1.54) is 101 Å². The van der Waals surface area contributed by atoms with Gasteiger partial charge in [-0.15, -0.1) is 0 Å². The molecule has 6 heterocycles. The maximum atomic E-state index is 2.79. The second-order valence-electron chi connectivity index (χ2n) is 20.1. The molecular weight excluding hydrogens is 726 g/mol. The smallest absolute Gasteiger partial charge is 0.359 e. The standard InChI is InChI=1S/C54H48B2N4/c1-51(2)33-21-9-15-27-39(33)55-57(41-29-17-11-23-35(41)51)47-45-50-48(46-49(47)59(55)43-31-19-13-25-37(43)54(46,7)8)58-42-30-18-12-24-36(42)52(3,4)34-22-10-16-28-40(34)56(58)60(50)44-32-20-14-26-38(44)53(45,5)6/h9-32H,1-8H3. The lowest BCUT2D eigenvalue weighted by atomic mass is 9.59. The van der Waals surface area contributed by atoms with E-state index in [9.17, 15) is 0 Å². The van der Waals surface area contributed by atoms with Crippen LogP contribution in [0.3, 0.4) is 0 Å². The van der Waals surface area contributed by atoms with Crippen molar-refractivity contribution in [3.63, 3.8) is 0 Å². The van der Waals surface area contributed by atoms with Crippen LogP contribution in [-0.2, 0) is 21.7 Å². The van der Waals surface area contributed by atoms with Crippen LogP contribution >= 0.6 is 0 Å². The lowest BCUT2D eigenvalue weighted by Gasteiger charge is -2.46. The van der Waals surface area contributed by atoms with E-state index < -0.39 is 0 Å². The zero-order chi connectivity index (χ0) is 40.8. The minimum Gasteiger partial charge on any atom is -0.359 e. The Morgan fingerprint density at radius 1 is 0.283 bits per heavy atom. The Morgan fingerprint density at radius 2 is 0.517 bits per heavy atom. The van der Waals surface area contributed by atoms with E-state index in [0.717, 1.165) is 0 Å². The zero-order valence-electron chi connectivity index (χ0n) is 35.8. The van der Waals surface area contributed by atoms with Crippen LogP contribution < -0.4 is 30.2 Å². The van der Waals surface area contributed by atoms with Crippen molar-refractivity contribution in [3.05, 3.63) is 190 Å². The van der Waals surface area contributed by atoms with Gasteiger partial charge in [-0.1, -0.05) is 177 Å². The Morgan fingerprint density at radius 3 is 0.817 bits per heavy atom. The number of benzene rings is 7. The molecule has 0 saturated heterocycles. The molecule has 7 aromatic carbocycles. The predicted octanol–water partition coefficient (Wildman–Crippen LogP) is 11.6. The van der Waals surface area contributed by atoms with Crippen LogP contribution in [0.4, 0.5) is 45.5 Å². The Labute approximate surface area is 355 Å². The minimum absolute atomic E-state index is 0.0952. The molecule has 0 saturated carbocycles. The fraction of sp³-hybridized carbons (Fsp3) is 0.222. The highest BCUT2D eigenvalue weighted by Crippen LogP contribution is 2.71. The van der Waals surface area contributed by atoms with Gasteiger partial charge in [0.15, 0.2) is 0 Å². The average molecular weight is 775 g/mol. The summed E-state index contributed by atoms with van der Waals surface area (Å²) in [5, 5.41) is 0. The van der Waals surface area contributed by atoms with Crippen LogP contribution in [0.1, 0.15) is 99.9 Å². The molecular formula is C54H48B2N4. The number of rotatable bonds is 0. The van der Waals surface area contributed by atoms with E-state index in [1.54, 1.807) is 0 Å². The van der Waals surface area contributed by atoms with Crippen molar-refractivity contribution < 1.29 is 0 Å². The first-order valence-corrected chi connectivity index (χ1v) is 21.9. The van der Waals surface area contributed by atoms with Gasteiger partial charge in [0.25, 0.3) is 0 Å². The Hall–Kier alpha value is -6.13. The maximum Gasteiger partial charge on any atom is 0.421 e. The fourth-order valence-corrected chi connectivity index (χ4v) is 13.1. The molecule has 6 aliphatic heterocycles. The normalized spacial score (nSPS) is 19.0. The molecule has 0 spiro atoms. The molecule has 60 heavy (non-hydrogen) atoms. The molecule has 13 rings (SSSR count). The molecule has 6 aliphatic rings. The summed E-state index contributed by atoms with van der Waals surface area (Å²) in [5.74, 6) is 0. The summed E-state index contributed by atoms with van der Waals surface area (Å²) >= 11 is 0. The van der Waals surface area contributed by atoms with Gasteiger partial charge >= 0.3 is 14.0 Å². The molecule has 0 aliphatic carbocycles. The Bertz CT molecular complexity index is 2860. The third-order valence-corrected chi connectivity index (χ3v) is 15.8. The highest BCUT2D eigenvalue weighted by atomic mass is 15.4. The van der Waals surface area contributed by atoms with Gasteiger partial charge in [-0.05, 0) is 68.6 Å². The molecule has 0 N–H and O–H groups in total. The van der Waals surface area contributed by atoms with Crippen LogP contribution in [0.2, 0.25) is 0 Å². The second-order valence-corrected chi connectivity index (χ2v) is 20.1. The van der Waals surface area contributed by atoms with Gasteiger partial charge < -0.3 is 19.2 Å². The van der Waals surface area contributed by atoms with E-state index in [2.05, 4.69) is 220 Å². The second kappa shape index (κ2) is 11.0. The molecule has 0 aromatic heterocycles. The third-order valence-electron chi connectivity index (χ3n) is 15.8. The average Bonchev–Trinajstić information content (AvgIpc) is 3.74. The first-order chi connectivity index (χ1) is 28.9. The summed E-state index contributed by atoms with van der Waals surface area (Å²) in [6, 6.07) is 55.8. The van der Waals surface area contributed by atoms with Crippen LogP contribution in [0, 0.1) is 0 Å². The summed E-state index contributed by atoms with van der Waals surface area (Å²) in [6.07, 6.45) is 0. The van der Waals surface area contributed by atoms with Gasteiger partial charge in [0, 0.05) is 55.5 Å². The fourth-order valence-electron chi connectivity index (χ4n) is 13.1. The van der Waals surface area contributed by atoms with E-state index in [0.29, 0.717) is 0 Å². The molecule has 0 amide bonds. The Kier molecular flexibility index (Phi) is 6.35. The van der Waals surface area contributed by atoms with Crippen molar-refractivity contribution in [2.75, 3.05) is 19.2 Å². The summed E-state index contributed by atoms with van der Waals surface area (Å²) < 4.78 is 0. The predicted molar refractivity (Wildman–Crippen MR) is 253 cm³/mol. The maximum absolute atomic E-state index is 2.79. The molecule has 290 valence electrons. The van der Waals surface area contributed by atoms with Gasteiger partial charge in [-0.3, -0.25) is 0 Å². The van der Waals surface area contributed by atoms with Crippen molar-refractivity contribution in [2.24, 2.45) is 0 Å². The molecule has 7 aromatic rings. The van der Waals surface area contributed by atoms with E-state index in [1.807, 2.05) is 0 Å².